The molecular weight excluding hydrogens is 292 g/mol. The highest BCUT2D eigenvalue weighted by Gasteiger charge is 2.07. The van der Waals surface area contributed by atoms with Crippen molar-refractivity contribution in [3.05, 3.63) is 28.2 Å². The molecule has 0 spiro atoms. The molecule has 0 bridgehead atoms. The molecule has 86 valence electrons. The molecule has 0 radical (unpaired) electrons. The Hall–Kier alpha value is -1.14. The summed E-state index contributed by atoms with van der Waals surface area (Å²) in [4.78, 5) is 11.3. The van der Waals surface area contributed by atoms with Gasteiger partial charge in [0.1, 0.15) is 11.5 Å². The van der Waals surface area contributed by atoms with Crippen LogP contribution in [0.3, 0.4) is 0 Å². The summed E-state index contributed by atoms with van der Waals surface area (Å²) in [5, 5.41) is 2.91. The van der Waals surface area contributed by atoms with Gasteiger partial charge in [0.2, 0.25) is 0 Å². The van der Waals surface area contributed by atoms with Crippen LogP contribution >= 0.6 is 28.1 Å². The predicted molar refractivity (Wildman–Crippen MR) is 70.5 cm³/mol. The van der Waals surface area contributed by atoms with Crippen LogP contribution in [0.1, 0.15) is 5.56 Å². The van der Waals surface area contributed by atoms with E-state index in [4.69, 9.17) is 18.0 Å². The van der Waals surface area contributed by atoms with Crippen LogP contribution in [0.15, 0.2) is 22.7 Å². The first-order valence-electron chi connectivity index (χ1n) is 4.44. The molecule has 0 aliphatic heterocycles. The lowest BCUT2D eigenvalue weighted by Crippen LogP contribution is -2.18. The Balaban J connectivity index is 2.88. The van der Waals surface area contributed by atoms with Crippen molar-refractivity contribution in [1.82, 2.24) is 0 Å². The summed E-state index contributed by atoms with van der Waals surface area (Å²) >= 11 is 8.24. The molecule has 0 atom stereocenters. The number of thiocarbonyl (C=S) groups is 1. The second-order valence-corrected chi connectivity index (χ2v) is 4.34. The number of methoxy groups -OCH3 is 1. The maximum atomic E-state index is 11.0. The zero-order chi connectivity index (χ0) is 12.1. The van der Waals surface area contributed by atoms with Crippen molar-refractivity contribution in [2.75, 3.05) is 19.0 Å². The number of halogens is 1. The van der Waals surface area contributed by atoms with E-state index < -0.39 is 0 Å². The summed E-state index contributed by atoms with van der Waals surface area (Å²) in [5.41, 5.74) is 6.96. The number of carbonyl (C=O) groups excluding carboxylic acids is 1. The minimum atomic E-state index is -0.353. The van der Waals surface area contributed by atoms with Crippen molar-refractivity contribution in [1.29, 1.82) is 0 Å². The van der Waals surface area contributed by atoms with Gasteiger partial charge >= 0.3 is 5.97 Å². The Morgan fingerprint density at radius 2 is 2.31 bits per heavy atom. The molecular formula is C10H11BrN2O2S. The second kappa shape index (κ2) is 5.81. The number of esters is 1. The van der Waals surface area contributed by atoms with E-state index in [1.165, 1.54) is 7.11 Å². The van der Waals surface area contributed by atoms with Crippen molar-refractivity contribution in [3.63, 3.8) is 0 Å². The first kappa shape index (κ1) is 12.9. The normalized spacial score (nSPS) is 9.62. The van der Waals surface area contributed by atoms with Crippen LogP contribution < -0.4 is 11.1 Å². The van der Waals surface area contributed by atoms with Crippen molar-refractivity contribution >= 4 is 44.8 Å². The molecule has 0 saturated carbocycles. The largest absolute Gasteiger partial charge is 0.468 e. The average Bonchev–Trinajstić information content (AvgIpc) is 2.25. The van der Waals surface area contributed by atoms with E-state index in [0.29, 0.717) is 11.3 Å². The highest BCUT2D eigenvalue weighted by atomic mass is 79.9. The van der Waals surface area contributed by atoms with Gasteiger partial charge in [0.25, 0.3) is 0 Å². The third-order valence-corrected chi connectivity index (χ3v) is 2.61. The number of anilines is 1. The summed E-state index contributed by atoms with van der Waals surface area (Å²) in [5.74, 6) is -0.353. The van der Waals surface area contributed by atoms with E-state index >= 15 is 0 Å². The van der Waals surface area contributed by atoms with Gasteiger partial charge in [0.15, 0.2) is 0 Å². The Morgan fingerprint density at radius 1 is 1.62 bits per heavy atom. The first-order valence-corrected chi connectivity index (χ1v) is 5.64. The average molecular weight is 303 g/mol. The number of rotatable bonds is 4. The third-order valence-electron chi connectivity index (χ3n) is 1.90. The number of hydrogen-bond acceptors (Lipinski definition) is 4. The van der Waals surface area contributed by atoms with Gasteiger partial charge in [0, 0.05) is 15.7 Å². The lowest BCUT2D eigenvalue weighted by molar-refractivity contribution is -0.138. The predicted octanol–water partition coefficient (Wildman–Crippen LogP) is 1.67. The fourth-order valence-corrected chi connectivity index (χ4v) is 1.66. The van der Waals surface area contributed by atoms with Crippen LogP contribution in [0.5, 0.6) is 0 Å². The van der Waals surface area contributed by atoms with Crippen LogP contribution in [0.25, 0.3) is 0 Å². The highest BCUT2D eigenvalue weighted by molar-refractivity contribution is 9.10. The molecule has 0 unspecified atom stereocenters. The molecule has 0 aromatic heterocycles. The smallest absolute Gasteiger partial charge is 0.325 e. The van der Waals surface area contributed by atoms with Crippen LogP contribution in [-0.2, 0) is 9.53 Å². The lowest BCUT2D eigenvalue weighted by Gasteiger charge is -2.10. The number of benzene rings is 1. The van der Waals surface area contributed by atoms with Gasteiger partial charge in [-0.15, -0.1) is 0 Å². The molecule has 1 aromatic carbocycles. The van der Waals surface area contributed by atoms with E-state index in [1.807, 2.05) is 6.07 Å². The molecule has 0 fully saturated rings. The number of carbonyl (C=O) groups is 1. The van der Waals surface area contributed by atoms with Crippen LogP contribution in [0, 0.1) is 0 Å². The Kier molecular flexibility index (Phi) is 4.70. The Labute approximate surface area is 107 Å². The maximum Gasteiger partial charge on any atom is 0.325 e. The van der Waals surface area contributed by atoms with Crippen molar-refractivity contribution in [3.8, 4) is 0 Å². The minimum absolute atomic E-state index is 0.0720. The van der Waals surface area contributed by atoms with E-state index in [0.717, 1.165) is 4.47 Å². The Bertz CT molecular complexity index is 423. The summed E-state index contributed by atoms with van der Waals surface area (Å²) in [6.07, 6.45) is 0. The first-order chi connectivity index (χ1) is 7.54. The molecule has 6 heteroatoms. The van der Waals surface area contributed by atoms with E-state index in [1.54, 1.807) is 12.1 Å². The van der Waals surface area contributed by atoms with Gasteiger partial charge in [0.05, 0.1) is 7.11 Å². The second-order valence-electron chi connectivity index (χ2n) is 2.98. The molecule has 0 saturated heterocycles. The van der Waals surface area contributed by atoms with Gasteiger partial charge in [-0.05, 0) is 18.2 Å². The molecule has 16 heavy (non-hydrogen) atoms. The van der Waals surface area contributed by atoms with Gasteiger partial charge in [-0.2, -0.15) is 0 Å². The molecule has 1 aromatic rings. The van der Waals surface area contributed by atoms with Gasteiger partial charge in [-0.25, -0.2) is 0 Å². The van der Waals surface area contributed by atoms with E-state index in [-0.39, 0.29) is 17.5 Å². The summed E-state index contributed by atoms with van der Waals surface area (Å²) in [7, 11) is 1.33. The molecule has 0 aliphatic carbocycles. The number of hydrogen-bond donors (Lipinski definition) is 2. The van der Waals surface area contributed by atoms with E-state index in [9.17, 15) is 4.79 Å². The molecule has 0 heterocycles. The van der Waals surface area contributed by atoms with Gasteiger partial charge < -0.3 is 15.8 Å². The van der Waals surface area contributed by atoms with Crippen LogP contribution in [-0.4, -0.2) is 24.6 Å². The zero-order valence-corrected chi connectivity index (χ0v) is 11.0. The SMILES string of the molecule is COC(=O)CNc1cc(Br)ccc1C(N)=S. The molecule has 3 N–H and O–H groups in total. The zero-order valence-electron chi connectivity index (χ0n) is 8.62. The summed E-state index contributed by atoms with van der Waals surface area (Å²) in [6, 6.07) is 5.42. The highest BCUT2D eigenvalue weighted by Crippen LogP contribution is 2.21. The number of nitrogens with one attached hydrogen (secondary N) is 1. The lowest BCUT2D eigenvalue weighted by atomic mass is 10.2. The van der Waals surface area contributed by atoms with Crippen molar-refractivity contribution < 1.29 is 9.53 Å². The molecule has 4 nitrogen and oxygen atoms in total. The quantitative estimate of drug-likeness (QED) is 0.654. The van der Waals surface area contributed by atoms with Crippen molar-refractivity contribution in [2.45, 2.75) is 0 Å². The standard InChI is InChI=1S/C10H11BrN2O2S/c1-15-9(14)5-13-8-4-6(11)2-3-7(8)10(12)16/h2-4,13H,5H2,1H3,(H2,12,16). The topological polar surface area (TPSA) is 64.3 Å². The molecule has 0 aliphatic rings. The van der Waals surface area contributed by atoms with Gasteiger partial charge in [-0.1, -0.05) is 28.1 Å². The fraction of sp³-hybridized carbons (Fsp3) is 0.200. The van der Waals surface area contributed by atoms with Crippen LogP contribution in [0.2, 0.25) is 0 Å². The fourth-order valence-electron chi connectivity index (χ4n) is 1.12. The van der Waals surface area contributed by atoms with Crippen LogP contribution in [0.4, 0.5) is 5.69 Å². The minimum Gasteiger partial charge on any atom is -0.468 e. The maximum absolute atomic E-state index is 11.0. The van der Waals surface area contributed by atoms with Crippen molar-refractivity contribution in [2.24, 2.45) is 5.73 Å². The monoisotopic (exact) mass is 302 g/mol. The third kappa shape index (κ3) is 3.46. The summed E-state index contributed by atoms with van der Waals surface area (Å²) in [6.45, 7) is 0.0720. The van der Waals surface area contributed by atoms with E-state index in [2.05, 4.69) is 26.0 Å². The molecule has 1 rings (SSSR count). The summed E-state index contributed by atoms with van der Waals surface area (Å²) < 4.78 is 5.40. The number of nitrogens with two attached hydrogens (primary N) is 1. The van der Waals surface area contributed by atoms with Gasteiger partial charge in [-0.3, -0.25) is 4.79 Å². The number of ether oxygens (including phenoxy) is 1. The Morgan fingerprint density at radius 3 is 2.88 bits per heavy atom. The molecule has 0 amide bonds.